The van der Waals surface area contributed by atoms with Crippen molar-refractivity contribution in [2.75, 3.05) is 13.2 Å². The topological polar surface area (TPSA) is 85.0 Å². The van der Waals surface area contributed by atoms with E-state index in [4.69, 9.17) is 25.1 Å². The molecule has 1 saturated carbocycles. The maximum absolute atomic E-state index is 8.36. The molecular weight excluding hydrogens is 344 g/mol. The van der Waals surface area contributed by atoms with Gasteiger partial charge in [-0.25, -0.2) is 0 Å². The van der Waals surface area contributed by atoms with Crippen molar-refractivity contribution in [3.05, 3.63) is 51.6 Å². The lowest BCUT2D eigenvalue weighted by Gasteiger charge is -2.19. The molecule has 1 aliphatic heterocycles. The number of nitrogens with zero attached hydrogens (tertiary/aromatic N) is 2. The maximum atomic E-state index is 8.36. The van der Waals surface area contributed by atoms with Crippen molar-refractivity contribution in [1.82, 2.24) is 0 Å². The van der Waals surface area contributed by atoms with Gasteiger partial charge in [-0.2, -0.15) is 0 Å². The van der Waals surface area contributed by atoms with E-state index in [9.17, 15) is 0 Å². The molecular formula is C21H30N2O4. The zero-order valence-corrected chi connectivity index (χ0v) is 16.1. The molecule has 148 valence electrons. The fourth-order valence-corrected chi connectivity index (χ4v) is 3.53. The second-order valence-electron chi connectivity index (χ2n) is 7.03. The summed E-state index contributed by atoms with van der Waals surface area (Å²) in [6, 6.07) is 6.51. The van der Waals surface area contributed by atoms with Crippen molar-refractivity contribution < 1.29 is 15.0 Å². The van der Waals surface area contributed by atoms with E-state index in [0.717, 1.165) is 43.4 Å². The van der Waals surface area contributed by atoms with Crippen molar-refractivity contribution in [2.45, 2.75) is 58.3 Å². The third-order valence-electron chi connectivity index (χ3n) is 4.96. The van der Waals surface area contributed by atoms with E-state index in [-0.39, 0.29) is 0 Å². The molecule has 2 aliphatic rings. The Morgan fingerprint density at radius 1 is 1.33 bits per heavy atom. The first kappa shape index (κ1) is 20.9. The highest BCUT2D eigenvalue weighted by atomic mass is 16.9. The summed E-state index contributed by atoms with van der Waals surface area (Å²) < 4.78 is 5.84. The van der Waals surface area contributed by atoms with Gasteiger partial charge in [0.2, 0.25) is 0 Å². The summed E-state index contributed by atoms with van der Waals surface area (Å²) >= 11 is 0. The summed E-state index contributed by atoms with van der Waals surface area (Å²) in [5.41, 5.74) is 3.85. The van der Waals surface area contributed by atoms with Gasteiger partial charge in [0.05, 0.1) is 12.3 Å². The average Bonchev–Trinajstić information content (AvgIpc) is 2.67. The van der Waals surface area contributed by atoms with Gasteiger partial charge in [0.15, 0.2) is 0 Å². The smallest absolute Gasteiger partial charge is 0.291 e. The second kappa shape index (κ2) is 11.4. The first-order valence-electron chi connectivity index (χ1n) is 9.92. The lowest BCUT2D eigenvalue weighted by Crippen LogP contribution is -2.12. The number of hydrogen-bond donors (Lipinski definition) is 1. The van der Waals surface area contributed by atoms with E-state index in [1.807, 2.05) is 0 Å². The Morgan fingerprint density at radius 2 is 2.07 bits per heavy atom. The molecule has 1 heterocycles. The molecule has 6 nitrogen and oxygen atoms in total. The highest BCUT2D eigenvalue weighted by Gasteiger charge is 2.15. The van der Waals surface area contributed by atoms with E-state index < -0.39 is 5.09 Å². The summed E-state index contributed by atoms with van der Waals surface area (Å²) in [4.78, 5) is 13.1. The molecule has 0 bridgehead atoms. The number of unbranched alkanes of at least 4 members (excludes halogenated alkanes) is 1. The van der Waals surface area contributed by atoms with Gasteiger partial charge in [0, 0.05) is 12.1 Å². The number of fused-ring (bicyclic) bond motifs is 1. The Labute approximate surface area is 161 Å². The fraction of sp³-hybridized carbons (Fsp3) is 0.571. The molecule has 0 amide bonds. The minimum absolute atomic E-state index is 0.758. The largest absolute Gasteiger partial charge is 0.494 e. The first-order valence-corrected chi connectivity index (χ1v) is 9.92. The number of rotatable bonds is 6. The number of ether oxygens (including phenoxy) is 1. The monoisotopic (exact) mass is 374 g/mol. The Hall–Kier alpha value is -2.37. The van der Waals surface area contributed by atoms with Crippen LogP contribution in [-0.2, 0) is 6.42 Å². The number of hydrogen-bond acceptors (Lipinski definition) is 4. The molecule has 0 aromatic heterocycles. The van der Waals surface area contributed by atoms with E-state index in [0.29, 0.717) is 0 Å². The van der Waals surface area contributed by atoms with Crippen LogP contribution < -0.4 is 4.74 Å². The highest BCUT2D eigenvalue weighted by Crippen LogP contribution is 2.26. The molecule has 0 spiro atoms. The normalized spacial score (nSPS) is 16.9. The molecule has 1 aromatic rings. The molecule has 6 heteroatoms. The van der Waals surface area contributed by atoms with Crippen LogP contribution in [0.2, 0.25) is 0 Å². The van der Waals surface area contributed by atoms with Crippen LogP contribution in [0, 0.1) is 16.0 Å². The van der Waals surface area contributed by atoms with Crippen LogP contribution in [0.15, 0.2) is 35.3 Å². The van der Waals surface area contributed by atoms with Crippen molar-refractivity contribution in [2.24, 2.45) is 10.9 Å². The van der Waals surface area contributed by atoms with Gasteiger partial charge >= 0.3 is 0 Å². The Balaban J connectivity index is 0.000000596. The van der Waals surface area contributed by atoms with Crippen molar-refractivity contribution in [1.29, 1.82) is 0 Å². The number of allylic oxidation sites excluding steroid dienone is 2. The molecule has 0 atom stereocenters. The summed E-state index contributed by atoms with van der Waals surface area (Å²) in [6.07, 6.45) is 14.9. The lowest BCUT2D eigenvalue weighted by atomic mass is 9.88. The fourth-order valence-electron chi connectivity index (χ4n) is 3.53. The lowest BCUT2D eigenvalue weighted by molar-refractivity contribution is -0.742. The van der Waals surface area contributed by atoms with Crippen molar-refractivity contribution >= 4 is 5.71 Å². The number of aliphatic imine (C=N–C) groups is 1. The molecule has 1 fully saturated rings. The predicted octanol–water partition coefficient (Wildman–Crippen LogP) is 5.00. The van der Waals surface area contributed by atoms with Crippen LogP contribution in [0.5, 0.6) is 5.75 Å². The maximum Gasteiger partial charge on any atom is 0.291 e. The van der Waals surface area contributed by atoms with E-state index in [1.165, 1.54) is 49.7 Å². The predicted molar refractivity (Wildman–Crippen MR) is 106 cm³/mol. The van der Waals surface area contributed by atoms with Gasteiger partial charge in [-0.1, -0.05) is 38.7 Å². The molecule has 27 heavy (non-hydrogen) atoms. The standard InChI is InChI=1S/C21H29NO.HNO3/c1-2-3-15-23-19-10-11-20-18(16-19)13-14-22-21(20)12-9-17-7-5-4-6-8-17;2-1(3)4/h9-12,16-17H,2-8,13-15H2,1H3;(H,2,3,4)/b12-9+;. The minimum Gasteiger partial charge on any atom is -0.494 e. The molecule has 1 N–H and O–H groups in total. The third-order valence-corrected chi connectivity index (χ3v) is 4.96. The Kier molecular flexibility index (Phi) is 8.81. The van der Waals surface area contributed by atoms with Crippen LogP contribution in [0.4, 0.5) is 0 Å². The summed E-state index contributed by atoms with van der Waals surface area (Å²) in [7, 11) is 0. The van der Waals surface area contributed by atoms with Gasteiger partial charge < -0.3 is 9.94 Å². The Bertz CT molecular complexity index is 660. The van der Waals surface area contributed by atoms with Gasteiger partial charge in [-0.3, -0.25) is 4.99 Å². The zero-order valence-electron chi connectivity index (χ0n) is 16.1. The van der Waals surface area contributed by atoms with Crippen LogP contribution in [0.25, 0.3) is 0 Å². The summed E-state index contributed by atoms with van der Waals surface area (Å²) in [6.45, 7) is 3.91. The zero-order chi connectivity index (χ0) is 19.5. The van der Waals surface area contributed by atoms with Gasteiger partial charge in [-0.05, 0) is 61.4 Å². The van der Waals surface area contributed by atoms with Gasteiger partial charge in [0.25, 0.3) is 5.09 Å². The van der Waals surface area contributed by atoms with Gasteiger partial charge in [0.1, 0.15) is 5.75 Å². The van der Waals surface area contributed by atoms with Crippen LogP contribution >= 0.6 is 0 Å². The van der Waals surface area contributed by atoms with Crippen LogP contribution in [0.3, 0.4) is 0 Å². The summed E-state index contributed by atoms with van der Waals surface area (Å²) in [5, 5.41) is 13.6. The van der Waals surface area contributed by atoms with Crippen LogP contribution in [-0.4, -0.2) is 29.2 Å². The molecule has 0 saturated heterocycles. The van der Waals surface area contributed by atoms with Gasteiger partial charge in [-0.15, -0.1) is 10.1 Å². The SMILES string of the molecule is CCCCOc1ccc2c(c1)CCN=C2/C=C/C1CCCCC1.O=[N+]([O-])O. The quantitative estimate of drug-likeness (QED) is 0.431. The molecule has 0 unspecified atom stereocenters. The third kappa shape index (κ3) is 7.41. The first-order chi connectivity index (χ1) is 13.1. The molecule has 1 aliphatic carbocycles. The summed E-state index contributed by atoms with van der Waals surface area (Å²) in [5.74, 6) is 1.77. The average molecular weight is 374 g/mol. The minimum atomic E-state index is -1.50. The number of benzene rings is 1. The van der Waals surface area contributed by atoms with E-state index in [1.54, 1.807) is 0 Å². The van der Waals surface area contributed by atoms with Crippen molar-refractivity contribution in [3.8, 4) is 5.75 Å². The highest BCUT2D eigenvalue weighted by molar-refractivity contribution is 6.10. The second-order valence-corrected chi connectivity index (χ2v) is 7.03. The Morgan fingerprint density at radius 3 is 2.78 bits per heavy atom. The molecule has 0 radical (unpaired) electrons. The van der Waals surface area contributed by atoms with E-state index >= 15 is 0 Å². The van der Waals surface area contributed by atoms with E-state index in [2.05, 4.69) is 37.3 Å². The molecule has 3 rings (SSSR count). The molecule has 1 aromatic carbocycles. The van der Waals surface area contributed by atoms with Crippen LogP contribution in [0.1, 0.15) is 63.0 Å². The van der Waals surface area contributed by atoms with Crippen molar-refractivity contribution in [3.63, 3.8) is 0 Å².